The minimum Gasteiger partial charge on any atom is -0.492 e. The van der Waals surface area contributed by atoms with Crippen molar-refractivity contribution in [1.29, 1.82) is 0 Å². The highest BCUT2D eigenvalue weighted by molar-refractivity contribution is 5.86. The number of hydrogen-bond acceptors (Lipinski definition) is 4. The van der Waals surface area contributed by atoms with E-state index in [2.05, 4.69) is 4.90 Å². The number of rotatable bonds is 7. The molecule has 1 atom stereocenters. The van der Waals surface area contributed by atoms with E-state index in [0.29, 0.717) is 13.2 Å². The van der Waals surface area contributed by atoms with Crippen molar-refractivity contribution in [1.82, 2.24) is 9.80 Å². The Morgan fingerprint density at radius 3 is 2.76 bits per heavy atom. The van der Waals surface area contributed by atoms with E-state index in [1.807, 2.05) is 24.3 Å². The third kappa shape index (κ3) is 4.95. The minimum atomic E-state index is -0.898. The third-order valence-electron chi connectivity index (χ3n) is 4.96. The number of nitrogens with zero attached hydrogens (tertiary/aromatic N) is 2. The molecule has 1 aromatic rings. The number of amides is 1. The molecule has 0 saturated carbocycles. The molecule has 3 rings (SSSR count). The van der Waals surface area contributed by atoms with Crippen molar-refractivity contribution < 1.29 is 19.4 Å². The number of carbonyl (C=O) groups is 2. The summed E-state index contributed by atoms with van der Waals surface area (Å²) in [7, 11) is 0. The van der Waals surface area contributed by atoms with Crippen molar-refractivity contribution in [3.63, 3.8) is 0 Å². The van der Waals surface area contributed by atoms with Crippen LogP contribution in [0.3, 0.4) is 0 Å². The summed E-state index contributed by atoms with van der Waals surface area (Å²) < 4.78 is 5.86. The Bertz CT molecular complexity index is 613. The summed E-state index contributed by atoms with van der Waals surface area (Å²) in [6.45, 7) is 4.64. The SMILES string of the molecule is O=C(O)C1CC(=O)N(Cc2cccc(OCCN3CCCCC3)c2)C1. The number of benzene rings is 1. The Hall–Kier alpha value is -2.08. The minimum absolute atomic E-state index is 0.0937. The van der Waals surface area contributed by atoms with Gasteiger partial charge in [-0.2, -0.15) is 0 Å². The van der Waals surface area contributed by atoms with Crippen LogP contribution in [0.2, 0.25) is 0 Å². The average Bonchev–Trinajstić information content (AvgIpc) is 2.97. The van der Waals surface area contributed by atoms with Crippen molar-refractivity contribution in [3.05, 3.63) is 29.8 Å². The Balaban J connectivity index is 1.49. The van der Waals surface area contributed by atoms with Gasteiger partial charge >= 0.3 is 5.97 Å². The predicted molar refractivity (Wildman–Crippen MR) is 93.4 cm³/mol. The van der Waals surface area contributed by atoms with E-state index in [-0.39, 0.29) is 18.9 Å². The number of aliphatic carboxylic acids is 1. The molecule has 2 aliphatic heterocycles. The molecule has 1 N–H and O–H groups in total. The molecule has 0 aliphatic carbocycles. The van der Waals surface area contributed by atoms with E-state index < -0.39 is 11.9 Å². The van der Waals surface area contributed by atoms with E-state index >= 15 is 0 Å². The molecule has 2 saturated heterocycles. The Morgan fingerprint density at radius 1 is 1.24 bits per heavy atom. The third-order valence-corrected chi connectivity index (χ3v) is 4.96. The fourth-order valence-corrected chi connectivity index (χ4v) is 3.52. The van der Waals surface area contributed by atoms with Gasteiger partial charge in [0.1, 0.15) is 12.4 Å². The maximum atomic E-state index is 12.0. The molecule has 2 aliphatic rings. The molecule has 2 fully saturated rings. The van der Waals surface area contributed by atoms with Gasteiger partial charge in [-0.25, -0.2) is 0 Å². The predicted octanol–water partition coefficient (Wildman–Crippen LogP) is 1.98. The van der Waals surface area contributed by atoms with Crippen molar-refractivity contribution in [2.24, 2.45) is 5.92 Å². The van der Waals surface area contributed by atoms with Crippen molar-refractivity contribution in [3.8, 4) is 5.75 Å². The molecule has 6 heteroatoms. The van der Waals surface area contributed by atoms with Crippen LogP contribution in [0, 0.1) is 5.92 Å². The van der Waals surface area contributed by atoms with E-state index in [9.17, 15) is 9.59 Å². The topological polar surface area (TPSA) is 70.1 Å². The van der Waals surface area contributed by atoms with Crippen LogP contribution in [0.15, 0.2) is 24.3 Å². The van der Waals surface area contributed by atoms with Crippen LogP contribution in [-0.2, 0) is 16.1 Å². The second-order valence-corrected chi connectivity index (χ2v) is 6.91. The zero-order valence-electron chi connectivity index (χ0n) is 14.5. The van der Waals surface area contributed by atoms with Gasteiger partial charge in [-0.05, 0) is 43.6 Å². The maximum Gasteiger partial charge on any atom is 0.308 e. The monoisotopic (exact) mass is 346 g/mol. The molecular formula is C19H26N2O4. The fraction of sp³-hybridized carbons (Fsp3) is 0.579. The highest BCUT2D eigenvalue weighted by atomic mass is 16.5. The van der Waals surface area contributed by atoms with Crippen molar-refractivity contribution in [2.75, 3.05) is 32.8 Å². The summed E-state index contributed by atoms with van der Waals surface area (Å²) >= 11 is 0. The molecule has 1 aromatic carbocycles. The molecule has 0 aromatic heterocycles. The van der Waals surface area contributed by atoms with Gasteiger partial charge in [0.05, 0.1) is 5.92 Å². The number of piperidine rings is 1. The highest BCUT2D eigenvalue weighted by Gasteiger charge is 2.34. The molecule has 136 valence electrons. The van der Waals surface area contributed by atoms with Crippen LogP contribution < -0.4 is 4.74 Å². The van der Waals surface area contributed by atoms with E-state index in [4.69, 9.17) is 9.84 Å². The fourth-order valence-electron chi connectivity index (χ4n) is 3.52. The van der Waals surface area contributed by atoms with Gasteiger partial charge in [-0.1, -0.05) is 18.6 Å². The summed E-state index contributed by atoms with van der Waals surface area (Å²) in [5.74, 6) is -0.776. The molecule has 0 bridgehead atoms. The van der Waals surface area contributed by atoms with E-state index in [0.717, 1.165) is 30.9 Å². The molecule has 0 spiro atoms. The molecule has 0 radical (unpaired) electrons. The van der Waals surface area contributed by atoms with Crippen molar-refractivity contribution >= 4 is 11.9 Å². The lowest BCUT2D eigenvalue weighted by Gasteiger charge is -2.26. The lowest BCUT2D eigenvalue weighted by molar-refractivity contribution is -0.141. The van der Waals surface area contributed by atoms with Gasteiger partial charge in [-0.15, -0.1) is 0 Å². The standard InChI is InChI=1S/C19H26N2O4/c22-18-12-16(19(23)24)14-21(18)13-15-5-4-6-17(11-15)25-10-9-20-7-2-1-3-8-20/h4-6,11,16H,1-3,7-10,12-14H2,(H,23,24). The number of carbonyl (C=O) groups excluding carboxylic acids is 1. The highest BCUT2D eigenvalue weighted by Crippen LogP contribution is 2.22. The lowest BCUT2D eigenvalue weighted by atomic mass is 10.1. The number of ether oxygens (including phenoxy) is 1. The van der Waals surface area contributed by atoms with Crippen LogP contribution in [-0.4, -0.2) is 59.6 Å². The molecule has 25 heavy (non-hydrogen) atoms. The number of carboxylic acid groups (broad SMARTS) is 1. The van der Waals surface area contributed by atoms with Gasteiger partial charge in [0.2, 0.25) is 5.91 Å². The molecule has 1 amide bonds. The summed E-state index contributed by atoms with van der Waals surface area (Å²) in [4.78, 5) is 27.0. The molecule has 2 heterocycles. The van der Waals surface area contributed by atoms with Crippen LogP contribution in [0.4, 0.5) is 0 Å². The lowest BCUT2D eigenvalue weighted by Crippen LogP contribution is -2.33. The number of carboxylic acids is 1. The first kappa shape index (κ1) is 17.7. The Labute approximate surface area is 148 Å². The first-order chi connectivity index (χ1) is 12.1. The number of hydrogen-bond donors (Lipinski definition) is 1. The Morgan fingerprint density at radius 2 is 2.04 bits per heavy atom. The van der Waals surface area contributed by atoms with Gasteiger partial charge in [0, 0.05) is 26.1 Å². The van der Waals surface area contributed by atoms with E-state index in [1.165, 1.54) is 19.3 Å². The summed E-state index contributed by atoms with van der Waals surface area (Å²) in [6, 6.07) is 7.72. The van der Waals surface area contributed by atoms with Gasteiger partial charge in [-0.3, -0.25) is 14.5 Å². The normalized spacial score (nSPS) is 21.5. The number of likely N-dealkylation sites (tertiary alicyclic amines) is 2. The summed E-state index contributed by atoms with van der Waals surface area (Å²) in [5, 5.41) is 9.06. The molecular weight excluding hydrogens is 320 g/mol. The van der Waals surface area contributed by atoms with Crippen LogP contribution in [0.1, 0.15) is 31.2 Å². The molecule has 1 unspecified atom stereocenters. The quantitative estimate of drug-likeness (QED) is 0.817. The van der Waals surface area contributed by atoms with Gasteiger partial charge in [0.25, 0.3) is 0 Å². The van der Waals surface area contributed by atoms with Crippen LogP contribution in [0.25, 0.3) is 0 Å². The second kappa shape index (κ2) is 8.34. The van der Waals surface area contributed by atoms with Crippen LogP contribution >= 0.6 is 0 Å². The van der Waals surface area contributed by atoms with Crippen molar-refractivity contribution in [2.45, 2.75) is 32.2 Å². The van der Waals surface area contributed by atoms with Gasteiger partial charge in [0.15, 0.2) is 0 Å². The summed E-state index contributed by atoms with van der Waals surface area (Å²) in [6.07, 6.45) is 3.98. The Kier molecular flexibility index (Phi) is 5.91. The largest absolute Gasteiger partial charge is 0.492 e. The molecule has 6 nitrogen and oxygen atoms in total. The maximum absolute atomic E-state index is 12.0. The van der Waals surface area contributed by atoms with Crippen LogP contribution in [0.5, 0.6) is 5.75 Å². The van der Waals surface area contributed by atoms with E-state index in [1.54, 1.807) is 4.90 Å². The zero-order chi connectivity index (χ0) is 17.6. The summed E-state index contributed by atoms with van der Waals surface area (Å²) in [5.41, 5.74) is 0.967. The first-order valence-electron chi connectivity index (χ1n) is 9.06. The average molecular weight is 346 g/mol. The van der Waals surface area contributed by atoms with Gasteiger partial charge < -0.3 is 14.7 Å². The first-order valence-corrected chi connectivity index (χ1v) is 9.06. The smallest absolute Gasteiger partial charge is 0.308 e. The zero-order valence-corrected chi connectivity index (χ0v) is 14.5. The second-order valence-electron chi connectivity index (χ2n) is 6.91.